The van der Waals surface area contributed by atoms with Crippen molar-refractivity contribution in [3.63, 3.8) is 0 Å². The second-order valence-corrected chi connectivity index (χ2v) is 5.70. The van der Waals surface area contributed by atoms with Gasteiger partial charge in [0, 0.05) is 0 Å². The second-order valence-electron chi connectivity index (χ2n) is 5.70. The average molecular weight is 262 g/mol. The molecule has 0 fully saturated rings. The van der Waals surface area contributed by atoms with Crippen molar-refractivity contribution in [1.82, 2.24) is 0 Å². The van der Waals surface area contributed by atoms with Crippen LogP contribution in [0.2, 0.25) is 0 Å². The molecule has 0 aromatic heterocycles. The van der Waals surface area contributed by atoms with Crippen LogP contribution in [-0.4, -0.2) is 0 Å². The highest BCUT2D eigenvalue weighted by Crippen LogP contribution is 2.36. The van der Waals surface area contributed by atoms with E-state index in [1.165, 1.54) is 39.0 Å². The third kappa shape index (κ3) is 2.10. The highest BCUT2D eigenvalue weighted by molar-refractivity contribution is 5.82. The van der Waals surface area contributed by atoms with Crippen LogP contribution in [-0.2, 0) is 19.3 Å². The van der Waals surface area contributed by atoms with Crippen molar-refractivity contribution in [1.29, 1.82) is 0 Å². The minimum absolute atomic E-state index is 1.10. The van der Waals surface area contributed by atoms with E-state index >= 15 is 0 Å². The lowest BCUT2D eigenvalue weighted by Gasteiger charge is -2.15. The molecule has 2 aromatic rings. The summed E-state index contributed by atoms with van der Waals surface area (Å²) in [6.45, 7) is 6.74. The summed E-state index contributed by atoms with van der Waals surface area (Å²) in [4.78, 5) is 0. The van der Waals surface area contributed by atoms with Crippen LogP contribution < -0.4 is 0 Å². The number of fused-ring (bicyclic) bond motifs is 1. The van der Waals surface area contributed by atoms with Gasteiger partial charge < -0.3 is 0 Å². The van der Waals surface area contributed by atoms with Crippen LogP contribution in [0.3, 0.4) is 0 Å². The molecule has 0 unspecified atom stereocenters. The number of rotatable bonds is 3. The first-order valence-corrected chi connectivity index (χ1v) is 7.64. The van der Waals surface area contributed by atoms with E-state index in [9.17, 15) is 0 Å². The Kier molecular flexibility index (Phi) is 3.48. The fraction of sp³-hybridized carbons (Fsp3) is 0.300. The zero-order chi connectivity index (χ0) is 14.1. The molecule has 2 aromatic carbocycles. The fourth-order valence-electron chi connectivity index (χ4n) is 3.41. The Morgan fingerprint density at radius 3 is 2.40 bits per heavy atom. The van der Waals surface area contributed by atoms with Crippen molar-refractivity contribution < 1.29 is 0 Å². The second kappa shape index (κ2) is 5.28. The van der Waals surface area contributed by atoms with Gasteiger partial charge in [-0.1, -0.05) is 61.9 Å². The molecule has 3 rings (SSSR count). The molecule has 0 bridgehead atoms. The summed E-state index contributed by atoms with van der Waals surface area (Å²) in [5.74, 6) is 0. The van der Waals surface area contributed by atoms with E-state index in [-0.39, 0.29) is 0 Å². The van der Waals surface area contributed by atoms with Gasteiger partial charge in [0.1, 0.15) is 0 Å². The largest absolute Gasteiger partial charge is 0.0683 e. The molecule has 0 amide bonds. The predicted octanol–water partition coefficient (Wildman–Crippen LogP) is 5.44. The monoisotopic (exact) mass is 262 g/mol. The first-order chi connectivity index (χ1) is 9.74. The van der Waals surface area contributed by atoms with Crippen LogP contribution in [0.15, 0.2) is 42.0 Å². The average Bonchev–Trinajstić information content (AvgIpc) is 2.86. The summed E-state index contributed by atoms with van der Waals surface area (Å²) >= 11 is 0. The molecule has 0 N–H and O–H groups in total. The Morgan fingerprint density at radius 2 is 1.65 bits per heavy atom. The number of aryl methyl sites for hydroxylation is 1. The van der Waals surface area contributed by atoms with Crippen molar-refractivity contribution in [3.05, 3.63) is 64.2 Å². The lowest BCUT2D eigenvalue weighted by Crippen LogP contribution is -1.96. The first kappa shape index (κ1) is 13.2. The zero-order valence-corrected chi connectivity index (χ0v) is 12.7. The van der Waals surface area contributed by atoms with Crippen molar-refractivity contribution in [2.45, 2.75) is 40.0 Å². The molecule has 0 saturated heterocycles. The van der Waals surface area contributed by atoms with E-state index in [4.69, 9.17) is 0 Å². The van der Waals surface area contributed by atoms with Gasteiger partial charge in [0.05, 0.1) is 0 Å². The van der Waals surface area contributed by atoms with E-state index in [1.54, 1.807) is 0 Å². The number of allylic oxidation sites excluding steroid dienone is 1. The molecule has 0 atom stereocenters. The molecule has 0 saturated carbocycles. The molecule has 0 aliphatic heterocycles. The molecule has 20 heavy (non-hydrogen) atoms. The third-order valence-electron chi connectivity index (χ3n) is 4.35. The van der Waals surface area contributed by atoms with Crippen LogP contribution in [0.4, 0.5) is 0 Å². The molecule has 102 valence electrons. The van der Waals surface area contributed by atoms with Gasteiger partial charge >= 0.3 is 0 Å². The summed E-state index contributed by atoms with van der Waals surface area (Å²) in [5, 5.41) is 0. The first-order valence-electron chi connectivity index (χ1n) is 7.64. The van der Waals surface area contributed by atoms with Gasteiger partial charge in [0.25, 0.3) is 0 Å². The van der Waals surface area contributed by atoms with Gasteiger partial charge in [-0.05, 0) is 59.6 Å². The lowest BCUT2D eigenvalue weighted by atomic mass is 9.89. The SMILES string of the molecule is CCc1cccc(-c2cccc3c2C=C(C)C3)c1CC. The van der Waals surface area contributed by atoms with E-state index < -0.39 is 0 Å². The van der Waals surface area contributed by atoms with E-state index in [2.05, 4.69) is 63.2 Å². The molecule has 0 spiro atoms. The molecule has 0 radical (unpaired) electrons. The third-order valence-corrected chi connectivity index (χ3v) is 4.35. The summed E-state index contributed by atoms with van der Waals surface area (Å²) in [5.41, 5.74) is 10.2. The smallest absolute Gasteiger partial charge is 0.00604 e. The quantitative estimate of drug-likeness (QED) is 0.691. The topological polar surface area (TPSA) is 0 Å². The predicted molar refractivity (Wildman–Crippen MR) is 88.0 cm³/mol. The standard InChI is InChI=1S/C20H22/c1-4-15-8-6-10-18(17(15)5-2)19-11-7-9-16-12-14(3)13-20(16)19/h6-11,13H,4-5,12H2,1-3H3. The fourth-order valence-corrected chi connectivity index (χ4v) is 3.41. The highest BCUT2D eigenvalue weighted by atomic mass is 14.2. The Labute approximate surface area is 122 Å². The normalized spacial score (nSPS) is 13.2. The van der Waals surface area contributed by atoms with Gasteiger partial charge in [0.15, 0.2) is 0 Å². The van der Waals surface area contributed by atoms with Crippen molar-refractivity contribution in [3.8, 4) is 11.1 Å². The van der Waals surface area contributed by atoms with Crippen LogP contribution in [0, 0.1) is 0 Å². The van der Waals surface area contributed by atoms with E-state index in [0.29, 0.717) is 0 Å². The zero-order valence-electron chi connectivity index (χ0n) is 12.7. The maximum Gasteiger partial charge on any atom is -0.00604 e. The minimum atomic E-state index is 1.10. The summed E-state index contributed by atoms with van der Waals surface area (Å²) in [6, 6.07) is 13.5. The summed E-state index contributed by atoms with van der Waals surface area (Å²) < 4.78 is 0. The number of hydrogen-bond donors (Lipinski definition) is 0. The lowest BCUT2D eigenvalue weighted by molar-refractivity contribution is 1.04. The molecular formula is C20H22. The number of benzene rings is 2. The number of hydrogen-bond acceptors (Lipinski definition) is 0. The van der Waals surface area contributed by atoms with Gasteiger partial charge in [-0.15, -0.1) is 0 Å². The van der Waals surface area contributed by atoms with E-state index in [0.717, 1.165) is 19.3 Å². The van der Waals surface area contributed by atoms with E-state index in [1.807, 2.05) is 0 Å². The minimum Gasteiger partial charge on any atom is -0.0683 e. The molecule has 1 aliphatic rings. The van der Waals surface area contributed by atoms with Gasteiger partial charge in [-0.25, -0.2) is 0 Å². The molecule has 1 aliphatic carbocycles. The maximum atomic E-state index is 2.36. The highest BCUT2D eigenvalue weighted by Gasteiger charge is 2.16. The Bertz CT molecular complexity index is 674. The van der Waals surface area contributed by atoms with Crippen molar-refractivity contribution in [2.24, 2.45) is 0 Å². The summed E-state index contributed by atoms with van der Waals surface area (Å²) in [7, 11) is 0. The van der Waals surface area contributed by atoms with Crippen LogP contribution in [0.1, 0.15) is 43.0 Å². The van der Waals surface area contributed by atoms with Crippen LogP contribution >= 0.6 is 0 Å². The molecule has 0 nitrogen and oxygen atoms in total. The maximum absolute atomic E-state index is 2.36. The molecular weight excluding hydrogens is 240 g/mol. The van der Waals surface area contributed by atoms with Gasteiger partial charge in [-0.2, -0.15) is 0 Å². The van der Waals surface area contributed by atoms with Crippen molar-refractivity contribution in [2.75, 3.05) is 0 Å². The molecule has 0 heterocycles. The van der Waals surface area contributed by atoms with Crippen LogP contribution in [0.5, 0.6) is 0 Å². The Balaban J connectivity index is 2.23. The van der Waals surface area contributed by atoms with Crippen LogP contribution in [0.25, 0.3) is 17.2 Å². The van der Waals surface area contributed by atoms with Gasteiger partial charge in [-0.3, -0.25) is 0 Å². The summed E-state index contributed by atoms with van der Waals surface area (Å²) in [6.07, 6.45) is 5.69. The van der Waals surface area contributed by atoms with Crippen molar-refractivity contribution >= 4 is 6.08 Å². The molecule has 0 heteroatoms. The Hall–Kier alpha value is -1.82. The Morgan fingerprint density at radius 1 is 0.900 bits per heavy atom. The van der Waals surface area contributed by atoms with Gasteiger partial charge in [0.2, 0.25) is 0 Å².